The summed E-state index contributed by atoms with van der Waals surface area (Å²) >= 11 is 6.41. The molecule has 2 aliphatic carbocycles. The van der Waals surface area contributed by atoms with Gasteiger partial charge in [0.25, 0.3) is 5.56 Å². The van der Waals surface area contributed by atoms with Gasteiger partial charge in [0, 0.05) is 32.9 Å². The number of amides is 1. The number of fused-ring (bicyclic) bond motifs is 2. The first-order valence-electron chi connectivity index (χ1n) is 11.3. The summed E-state index contributed by atoms with van der Waals surface area (Å²) in [6, 6.07) is 2.21. The zero-order valence-corrected chi connectivity index (χ0v) is 19.4. The van der Waals surface area contributed by atoms with Gasteiger partial charge in [-0.05, 0) is 49.1 Å². The van der Waals surface area contributed by atoms with Gasteiger partial charge in [0.1, 0.15) is 11.6 Å². The topological polar surface area (TPSA) is 92.2 Å². The van der Waals surface area contributed by atoms with Crippen LogP contribution in [0, 0.1) is 11.8 Å². The van der Waals surface area contributed by atoms with E-state index in [1.54, 1.807) is 18.6 Å². The van der Waals surface area contributed by atoms with Crippen LogP contribution in [-0.2, 0) is 17.9 Å². The fourth-order valence-electron chi connectivity index (χ4n) is 5.12. The fourth-order valence-corrected chi connectivity index (χ4v) is 5.32. The Bertz CT molecular complexity index is 1000. The van der Waals surface area contributed by atoms with Gasteiger partial charge < -0.3 is 15.5 Å². The molecule has 0 unspecified atom stereocenters. The zero-order valence-electron chi connectivity index (χ0n) is 18.7. The molecule has 0 radical (unpaired) electrons. The van der Waals surface area contributed by atoms with Crippen molar-refractivity contribution in [2.75, 3.05) is 24.3 Å². The Labute approximate surface area is 193 Å². The molecule has 4 rings (SSSR count). The number of anilines is 2. The van der Waals surface area contributed by atoms with Gasteiger partial charge in [-0.25, -0.2) is 4.68 Å². The first-order chi connectivity index (χ1) is 15.4. The molecule has 0 spiro atoms. The highest BCUT2D eigenvalue weighted by Gasteiger charge is 2.36. The lowest BCUT2D eigenvalue weighted by Crippen LogP contribution is -2.43. The molecule has 2 heterocycles. The van der Waals surface area contributed by atoms with E-state index < -0.39 is 5.56 Å². The lowest BCUT2D eigenvalue weighted by atomic mass is 9.68. The molecule has 9 heteroatoms. The molecule has 2 saturated carbocycles. The van der Waals surface area contributed by atoms with Crippen molar-refractivity contribution in [1.29, 1.82) is 0 Å². The number of rotatable bonds is 7. The number of hydrogen-bond acceptors (Lipinski definition) is 6. The Morgan fingerprint density at radius 2 is 1.88 bits per heavy atom. The molecule has 8 nitrogen and oxygen atoms in total. The molecule has 2 fully saturated rings. The van der Waals surface area contributed by atoms with E-state index in [1.807, 2.05) is 25.1 Å². The van der Waals surface area contributed by atoms with Crippen LogP contribution >= 0.6 is 11.6 Å². The molecule has 2 aromatic rings. The van der Waals surface area contributed by atoms with Crippen LogP contribution in [0.5, 0.6) is 0 Å². The number of nitrogens with one attached hydrogen (secondary N) is 2. The Kier molecular flexibility index (Phi) is 6.98. The maximum Gasteiger partial charge on any atom is 0.288 e. The smallest absolute Gasteiger partial charge is 0.288 e. The first kappa shape index (κ1) is 22.6. The van der Waals surface area contributed by atoms with E-state index in [-0.39, 0.29) is 17.5 Å². The van der Waals surface area contributed by atoms with E-state index in [0.29, 0.717) is 30.1 Å². The van der Waals surface area contributed by atoms with Crippen LogP contribution in [0.25, 0.3) is 0 Å². The lowest BCUT2D eigenvalue weighted by molar-refractivity contribution is -0.122. The van der Waals surface area contributed by atoms with Crippen molar-refractivity contribution < 1.29 is 4.79 Å². The van der Waals surface area contributed by atoms with Gasteiger partial charge in [-0.3, -0.25) is 14.6 Å². The van der Waals surface area contributed by atoms with Crippen molar-refractivity contribution in [2.45, 2.75) is 57.7 Å². The second kappa shape index (κ2) is 9.90. The van der Waals surface area contributed by atoms with Gasteiger partial charge in [0.2, 0.25) is 5.91 Å². The summed E-state index contributed by atoms with van der Waals surface area (Å²) in [5, 5.41) is 10.7. The summed E-state index contributed by atoms with van der Waals surface area (Å²) in [4.78, 5) is 31.3. The van der Waals surface area contributed by atoms with Crippen LogP contribution in [0.1, 0.15) is 44.1 Å². The second-order valence-corrected chi connectivity index (χ2v) is 9.44. The van der Waals surface area contributed by atoms with Crippen LogP contribution in [0.3, 0.4) is 0 Å². The summed E-state index contributed by atoms with van der Waals surface area (Å²) in [6.45, 7) is 0.150. The molecule has 172 valence electrons. The van der Waals surface area contributed by atoms with Crippen molar-refractivity contribution in [3.63, 3.8) is 0 Å². The number of aromatic nitrogens is 3. The first-order valence-corrected chi connectivity index (χ1v) is 11.7. The average molecular weight is 459 g/mol. The van der Waals surface area contributed by atoms with Crippen LogP contribution in [0.2, 0.25) is 5.02 Å². The second-order valence-electron chi connectivity index (χ2n) is 9.06. The molecule has 2 bridgehead atoms. The van der Waals surface area contributed by atoms with Crippen LogP contribution in [-0.4, -0.2) is 40.8 Å². The van der Waals surface area contributed by atoms with Gasteiger partial charge in [0.15, 0.2) is 0 Å². The number of hydrogen-bond donors (Lipinski definition) is 2. The van der Waals surface area contributed by atoms with Crippen molar-refractivity contribution >= 4 is 28.9 Å². The van der Waals surface area contributed by atoms with Gasteiger partial charge in [-0.15, -0.1) is 0 Å². The minimum Gasteiger partial charge on any atom is -0.379 e. The molecule has 0 saturated heterocycles. The number of carbonyl (C=O) groups is 1. The highest BCUT2D eigenvalue weighted by atomic mass is 35.5. The third kappa shape index (κ3) is 4.90. The highest BCUT2D eigenvalue weighted by molar-refractivity contribution is 6.32. The number of carbonyl (C=O) groups excluding carboxylic acids is 1. The lowest BCUT2D eigenvalue weighted by Gasteiger charge is -2.43. The van der Waals surface area contributed by atoms with Crippen molar-refractivity contribution in [2.24, 2.45) is 11.8 Å². The summed E-state index contributed by atoms with van der Waals surface area (Å²) in [6.07, 6.45) is 12.5. The van der Waals surface area contributed by atoms with E-state index in [4.69, 9.17) is 11.6 Å². The SMILES string of the molecule is CN(C)c1cnccc1CNC(=O)Cn1ncc(NC2C3CCCC2CCC3)c(Cl)c1=O. The molecular formula is C23H31ClN6O2. The molecule has 2 aliphatic rings. The molecule has 0 atom stereocenters. The van der Waals surface area contributed by atoms with Gasteiger partial charge in [-0.2, -0.15) is 5.10 Å². The normalized spacial score (nSPS) is 22.3. The Morgan fingerprint density at radius 1 is 1.19 bits per heavy atom. The standard InChI is InChI=1S/C23H31ClN6O2/c1-29(2)19-13-25-10-9-17(19)11-26-20(31)14-30-23(32)21(24)18(12-27-30)28-22-15-5-3-6-16(22)8-4-7-15/h9-10,12-13,15-16,22,28H,3-8,11,14H2,1-2H3,(H,26,31). The van der Waals surface area contributed by atoms with Crippen molar-refractivity contribution in [1.82, 2.24) is 20.1 Å². The van der Waals surface area contributed by atoms with Gasteiger partial charge >= 0.3 is 0 Å². The summed E-state index contributed by atoms with van der Waals surface area (Å²) < 4.78 is 1.12. The van der Waals surface area contributed by atoms with E-state index >= 15 is 0 Å². The van der Waals surface area contributed by atoms with E-state index in [1.165, 1.54) is 38.5 Å². The average Bonchev–Trinajstić information content (AvgIpc) is 2.77. The Hall–Kier alpha value is -2.61. The fraction of sp³-hybridized carbons (Fsp3) is 0.565. The largest absolute Gasteiger partial charge is 0.379 e. The van der Waals surface area contributed by atoms with Crippen LogP contribution < -0.4 is 21.1 Å². The minimum absolute atomic E-state index is 0.0977. The summed E-state index contributed by atoms with van der Waals surface area (Å²) in [5.74, 6) is 0.957. The summed E-state index contributed by atoms with van der Waals surface area (Å²) in [5.41, 5.74) is 1.98. The van der Waals surface area contributed by atoms with E-state index in [2.05, 4.69) is 20.7 Å². The number of pyridine rings is 1. The monoisotopic (exact) mass is 458 g/mol. The van der Waals surface area contributed by atoms with Crippen LogP contribution in [0.4, 0.5) is 11.4 Å². The summed E-state index contributed by atoms with van der Waals surface area (Å²) in [7, 11) is 3.84. The van der Waals surface area contributed by atoms with E-state index in [0.717, 1.165) is 15.9 Å². The Balaban J connectivity index is 1.40. The number of nitrogens with zero attached hydrogens (tertiary/aromatic N) is 4. The molecule has 32 heavy (non-hydrogen) atoms. The molecule has 1 amide bonds. The van der Waals surface area contributed by atoms with E-state index in [9.17, 15) is 9.59 Å². The number of halogens is 1. The Morgan fingerprint density at radius 3 is 2.53 bits per heavy atom. The van der Waals surface area contributed by atoms with Gasteiger partial charge in [0.05, 0.1) is 23.8 Å². The molecular weight excluding hydrogens is 428 g/mol. The molecule has 2 N–H and O–H groups in total. The maximum atomic E-state index is 12.8. The highest BCUT2D eigenvalue weighted by Crippen LogP contribution is 2.41. The van der Waals surface area contributed by atoms with Crippen molar-refractivity contribution in [3.05, 3.63) is 45.6 Å². The third-order valence-electron chi connectivity index (χ3n) is 6.76. The molecule has 2 aromatic heterocycles. The predicted molar refractivity (Wildman–Crippen MR) is 126 cm³/mol. The third-order valence-corrected chi connectivity index (χ3v) is 7.13. The minimum atomic E-state index is -0.453. The zero-order chi connectivity index (χ0) is 22.7. The van der Waals surface area contributed by atoms with Crippen LogP contribution in [0.15, 0.2) is 29.5 Å². The maximum absolute atomic E-state index is 12.8. The quantitative estimate of drug-likeness (QED) is 0.662. The molecule has 0 aromatic carbocycles. The molecule has 0 aliphatic heterocycles. The predicted octanol–water partition coefficient (Wildman–Crippen LogP) is 3.05. The van der Waals surface area contributed by atoms with Gasteiger partial charge in [-0.1, -0.05) is 24.4 Å². The van der Waals surface area contributed by atoms with Crippen molar-refractivity contribution in [3.8, 4) is 0 Å².